The summed E-state index contributed by atoms with van der Waals surface area (Å²) in [5.74, 6) is -0.757. The maximum absolute atomic E-state index is 11.1. The fourth-order valence-electron chi connectivity index (χ4n) is 3.57. The molecule has 0 radical (unpaired) electrons. The van der Waals surface area contributed by atoms with E-state index in [0.29, 0.717) is 6.54 Å². The van der Waals surface area contributed by atoms with Crippen molar-refractivity contribution in [2.75, 3.05) is 6.54 Å². The van der Waals surface area contributed by atoms with Crippen molar-refractivity contribution in [1.29, 1.82) is 0 Å². The second kappa shape index (κ2) is 10.0. The van der Waals surface area contributed by atoms with E-state index in [4.69, 9.17) is 5.11 Å². The van der Waals surface area contributed by atoms with Gasteiger partial charge in [0.15, 0.2) is 0 Å². The summed E-state index contributed by atoms with van der Waals surface area (Å²) in [6, 6.07) is 25.7. The van der Waals surface area contributed by atoms with Crippen LogP contribution >= 0.6 is 0 Å². The van der Waals surface area contributed by atoms with Gasteiger partial charge >= 0.3 is 5.97 Å². The van der Waals surface area contributed by atoms with Crippen molar-refractivity contribution in [2.24, 2.45) is 0 Å². The predicted molar refractivity (Wildman–Crippen MR) is 118 cm³/mol. The number of carboxylic acid groups (broad SMARTS) is 1. The summed E-state index contributed by atoms with van der Waals surface area (Å²) in [5.41, 5.74) is 7.50. The third kappa shape index (κ3) is 6.88. The number of hydrogen-bond donors (Lipinski definition) is 1. The number of carboxylic acids is 1. The van der Waals surface area contributed by atoms with E-state index in [1.807, 2.05) is 0 Å². The van der Waals surface area contributed by atoms with Gasteiger partial charge in [-0.05, 0) is 42.5 Å². The van der Waals surface area contributed by atoms with Crippen LogP contribution in [-0.2, 0) is 24.3 Å². The summed E-state index contributed by atoms with van der Waals surface area (Å²) >= 11 is 0. The van der Waals surface area contributed by atoms with Crippen LogP contribution in [0.1, 0.15) is 39.8 Å². The van der Waals surface area contributed by atoms with Crippen molar-refractivity contribution in [2.45, 2.75) is 39.8 Å². The number of aliphatic carboxylic acids is 1. The van der Waals surface area contributed by atoms with E-state index in [0.717, 1.165) is 19.5 Å². The maximum Gasteiger partial charge on any atom is 0.304 e. The van der Waals surface area contributed by atoms with Crippen LogP contribution in [0.3, 0.4) is 0 Å². The van der Waals surface area contributed by atoms with E-state index < -0.39 is 5.97 Å². The average molecular weight is 388 g/mol. The van der Waals surface area contributed by atoms with E-state index in [-0.39, 0.29) is 6.42 Å². The van der Waals surface area contributed by atoms with Crippen molar-refractivity contribution in [3.8, 4) is 0 Å². The molecular weight excluding hydrogens is 358 g/mol. The largest absolute Gasteiger partial charge is 0.481 e. The molecule has 150 valence electrons. The Kier molecular flexibility index (Phi) is 7.20. The lowest BCUT2D eigenvalue weighted by atomic mass is 10.0. The molecule has 0 unspecified atom stereocenters. The minimum atomic E-state index is -0.757. The Balaban J connectivity index is 1.72. The molecule has 0 aliphatic carbocycles. The molecule has 3 nitrogen and oxygen atoms in total. The first-order chi connectivity index (χ1) is 14.0. The smallest absolute Gasteiger partial charge is 0.304 e. The van der Waals surface area contributed by atoms with Crippen molar-refractivity contribution in [3.63, 3.8) is 0 Å². The standard InChI is InChI=1S/C26H29NO2/c1-20-9-11-22(12-10-20)16-23-6-4-8-25(17-23)19-27(14-13-26(28)29)18-24-7-3-5-21(2)15-24/h3-12,15,17H,13-14,16,18-19H2,1-2H3,(H,28,29). The highest BCUT2D eigenvalue weighted by Gasteiger charge is 2.10. The van der Waals surface area contributed by atoms with Gasteiger partial charge in [0.25, 0.3) is 0 Å². The molecule has 3 aromatic carbocycles. The quantitative estimate of drug-likeness (QED) is 0.536. The van der Waals surface area contributed by atoms with E-state index >= 15 is 0 Å². The van der Waals surface area contributed by atoms with Gasteiger partial charge in [0, 0.05) is 19.6 Å². The Labute approximate surface area is 173 Å². The van der Waals surface area contributed by atoms with Crippen molar-refractivity contribution >= 4 is 5.97 Å². The fraction of sp³-hybridized carbons (Fsp3) is 0.269. The van der Waals surface area contributed by atoms with Gasteiger partial charge in [0.05, 0.1) is 6.42 Å². The average Bonchev–Trinajstić information content (AvgIpc) is 2.68. The lowest BCUT2D eigenvalue weighted by Crippen LogP contribution is -2.25. The summed E-state index contributed by atoms with van der Waals surface area (Å²) < 4.78 is 0. The van der Waals surface area contributed by atoms with Crippen LogP contribution in [0.5, 0.6) is 0 Å². The molecular formula is C26H29NO2. The minimum absolute atomic E-state index is 0.148. The second-order valence-corrected chi connectivity index (χ2v) is 7.83. The lowest BCUT2D eigenvalue weighted by Gasteiger charge is -2.22. The molecule has 0 aliphatic rings. The Morgan fingerprint density at radius 1 is 0.759 bits per heavy atom. The fourth-order valence-corrected chi connectivity index (χ4v) is 3.57. The van der Waals surface area contributed by atoms with Crippen LogP contribution < -0.4 is 0 Å². The molecule has 0 heterocycles. The molecule has 0 saturated carbocycles. The molecule has 3 heteroatoms. The maximum atomic E-state index is 11.1. The highest BCUT2D eigenvalue weighted by atomic mass is 16.4. The normalized spacial score (nSPS) is 11.0. The van der Waals surface area contributed by atoms with Gasteiger partial charge < -0.3 is 5.11 Å². The number of carbonyl (C=O) groups is 1. The molecule has 0 saturated heterocycles. The topological polar surface area (TPSA) is 40.5 Å². The molecule has 1 N–H and O–H groups in total. The monoisotopic (exact) mass is 387 g/mol. The first-order valence-electron chi connectivity index (χ1n) is 10.1. The summed E-state index contributed by atoms with van der Waals surface area (Å²) in [4.78, 5) is 13.3. The van der Waals surface area contributed by atoms with Crippen LogP contribution in [0.2, 0.25) is 0 Å². The van der Waals surface area contributed by atoms with E-state index in [9.17, 15) is 4.79 Å². The van der Waals surface area contributed by atoms with Gasteiger partial charge in [-0.2, -0.15) is 0 Å². The zero-order valence-corrected chi connectivity index (χ0v) is 17.3. The molecule has 3 rings (SSSR count). The van der Waals surface area contributed by atoms with Crippen molar-refractivity contribution in [1.82, 2.24) is 4.90 Å². The van der Waals surface area contributed by atoms with Gasteiger partial charge in [0.1, 0.15) is 0 Å². The van der Waals surface area contributed by atoms with Crippen molar-refractivity contribution in [3.05, 3.63) is 106 Å². The van der Waals surface area contributed by atoms with Crippen LogP contribution in [0.4, 0.5) is 0 Å². The first-order valence-corrected chi connectivity index (χ1v) is 10.1. The SMILES string of the molecule is Cc1ccc(Cc2cccc(CN(CCC(=O)O)Cc3cccc(C)c3)c2)cc1. The Morgan fingerprint density at radius 2 is 1.38 bits per heavy atom. The van der Waals surface area contributed by atoms with Gasteiger partial charge in [0.2, 0.25) is 0 Å². The molecule has 0 aliphatic heterocycles. The predicted octanol–water partition coefficient (Wildman–Crippen LogP) is 5.37. The molecule has 0 bridgehead atoms. The Bertz CT molecular complexity index is 947. The molecule has 29 heavy (non-hydrogen) atoms. The summed E-state index contributed by atoms with van der Waals surface area (Å²) in [5, 5.41) is 9.14. The van der Waals surface area contributed by atoms with Gasteiger partial charge in [-0.1, -0.05) is 83.9 Å². The van der Waals surface area contributed by atoms with Gasteiger partial charge in [-0.25, -0.2) is 0 Å². The molecule has 0 fully saturated rings. The molecule has 0 atom stereocenters. The third-order valence-corrected chi connectivity index (χ3v) is 5.06. The van der Waals surface area contributed by atoms with Gasteiger partial charge in [-0.15, -0.1) is 0 Å². The van der Waals surface area contributed by atoms with E-state index in [1.165, 1.54) is 33.4 Å². The summed E-state index contributed by atoms with van der Waals surface area (Å²) in [6.45, 7) is 6.20. The second-order valence-electron chi connectivity index (χ2n) is 7.83. The molecule has 0 spiro atoms. The third-order valence-electron chi connectivity index (χ3n) is 5.06. The van der Waals surface area contributed by atoms with Crippen LogP contribution in [-0.4, -0.2) is 22.5 Å². The highest BCUT2D eigenvalue weighted by Crippen LogP contribution is 2.16. The number of rotatable bonds is 9. The van der Waals surface area contributed by atoms with Crippen LogP contribution in [0.25, 0.3) is 0 Å². The number of aryl methyl sites for hydroxylation is 2. The van der Waals surface area contributed by atoms with Crippen LogP contribution in [0, 0.1) is 13.8 Å². The minimum Gasteiger partial charge on any atom is -0.481 e. The van der Waals surface area contributed by atoms with Crippen molar-refractivity contribution < 1.29 is 9.90 Å². The van der Waals surface area contributed by atoms with E-state index in [1.54, 1.807) is 0 Å². The first kappa shape index (κ1) is 20.8. The van der Waals surface area contributed by atoms with E-state index in [2.05, 4.69) is 91.5 Å². The van der Waals surface area contributed by atoms with Gasteiger partial charge in [-0.3, -0.25) is 9.69 Å². The molecule has 0 amide bonds. The van der Waals surface area contributed by atoms with Crippen LogP contribution in [0.15, 0.2) is 72.8 Å². The zero-order chi connectivity index (χ0) is 20.6. The summed E-state index contributed by atoms with van der Waals surface area (Å²) in [7, 11) is 0. The summed E-state index contributed by atoms with van der Waals surface area (Å²) in [6.07, 6.45) is 1.05. The number of nitrogens with zero attached hydrogens (tertiary/aromatic N) is 1. The highest BCUT2D eigenvalue weighted by molar-refractivity contribution is 5.66. The number of benzene rings is 3. The zero-order valence-electron chi connectivity index (χ0n) is 17.3. The lowest BCUT2D eigenvalue weighted by molar-refractivity contribution is -0.137. The number of hydrogen-bond acceptors (Lipinski definition) is 2. The molecule has 3 aromatic rings. The Morgan fingerprint density at radius 3 is 2.03 bits per heavy atom. The Hall–Kier alpha value is -2.91. The molecule has 0 aromatic heterocycles.